The summed E-state index contributed by atoms with van der Waals surface area (Å²) in [5.41, 5.74) is 1.07. The Morgan fingerprint density at radius 3 is 2.32 bits per heavy atom. The fourth-order valence-electron chi connectivity index (χ4n) is 2.27. The third kappa shape index (κ3) is 2.81. The fourth-order valence-corrected chi connectivity index (χ4v) is 2.63. The van der Waals surface area contributed by atoms with Gasteiger partial charge in [0.25, 0.3) is 5.91 Å². The number of nitrogens with one attached hydrogen (secondary N) is 2. The zero-order valence-corrected chi connectivity index (χ0v) is 12.6. The minimum absolute atomic E-state index is 0.311. The molecule has 3 rings (SSSR count). The normalized spacial score (nSPS) is 17.5. The first-order valence-corrected chi connectivity index (χ1v) is 7.18. The van der Waals surface area contributed by atoms with E-state index < -0.39 is 17.8 Å². The van der Waals surface area contributed by atoms with E-state index in [9.17, 15) is 18.0 Å². The number of anilines is 2. The molecule has 0 spiro atoms. The third-order valence-corrected chi connectivity index (χ3v) is 3.87. The van der Waals surface area contributed by atoms with Crippen molar-refractivity contribution < 1.29 is 18.0 Å². The quantitative estimate of drug-likeness (QED) is 0.771. The second-order valence-electron chi connectivity index (χ2n) is 4.88. The number of halogens is 4. The van der Waals surface area contributed by atoms with E-state index in [0.29, 0.717) is 16.9 Å². The van der Waals surface area contributed by atoms with Gasteiger partial charge in [-0.15, -0.1) is 0 Å². The van der Waals surface area contributed by atoms with Crippen molar-refractivity contribution in [3.63, 3.8) is 0 Å². The molecular formula is C15H10BrF3N2O. The highest BCUT2D eigenvalue weighted by molar-refractivity contribution is 9.10. The van der Waals surface area contributed by atoms with E-state index in [-0.39, 0.29) is 5.91 Å². The summed E-state index contributed by atoms with van der Waals surface area (Å²) >= 11 is 3.34. The molecule has 0 aromatic heterocycles. The second-order valence-corrected chi connectivity index (χ2v) is 5.79. The summed E-state index contributed by atoms with van der Waals surface area (Å²) in [6.45, 7) is 0. The van der Waals surface area contributed by atoms with E-state index in [2.05, 4.69) is 26.6 Å². The van der Waals surface area contributed by atoms with Crippen molar-refractivity contribution >= 4 is 33.2 Å². The van der Waals surface area contributed by atoms with Crippen LogP contribution in [0.2, 0.25) is 0 Å². The van der Waals surface area contributed by atoms with Gasteiger partial charge in [0.2, 0.25) is 0 Å². The molecule has 7 heteroatoms. The van der Waals surface area contributed by atoms with E-state index in [1.807, 2.05) is 0 Å². The molecule has 22 heavy (non-hydrogen) atoms. The van der Waals surface area contributed by atoms with Crippen LogP contribution in [-0.4, -0.2) is 5.91 Å². The number of amides is 1. The van der Waals surface area contributed by atoms with Crippen LogP contribution in [0.5, 0.6) is 0 Å². The highest BCUT2D eigenvalue weighted by atomic mass is 79.9. The van der Waals surface area contributed by atoms with E-state index >= 15 is 0 Å². The van der Waals surface area contributed by atoms with Crippen molar-refractivity contribution in [2.24, 2.45) is 0 Å². The van der Waals surface area contributed by atoms with Crippen molar-refractivity contribution in [3.8, 4) is 0 Å². The summed E-state index contributed by atoms with van der Waals surface area (Å²) in [5, 5.41) is 5.77. The van der Waals surface area contributed by atoms with Gasteiger partial charge in [-0.2, -0.15) is 13.2 Å². The van der Waals surface area contributed by atoms with E-state index in [1.54, 1.807) is 18.2 Å². The van der Waals surface area contributed by atoms with E-state index in [0.717, 1.165) is 16.6 Å². The molecule has 2 aromatic carbocycles. The minimum atomic E-state index is -4.39. The average molecular weight is 371 g/mol. The summed E-state index contributed by atoms with van der Waals surface area (Å²) in [6, 6.07) is 9.16. The molecule has 0 saturated heterocycles. The molecular weight excluding hydrogens is 361 g/mol. The molecule has 1 heterocycles. The molecule has 2 N–H and O–H groups in total. The summed E-state index contributed by atoms with van der Waals surface area (Å²) in [5.74, 6) is -0.311. The van der Waals surface area contributed by atoms with Crippen molar-refractivity contribution in [1.82, 2.24) is 0 Å². The average Bonchev–Trinajstić information content (AvgIpc) is 2.46. The Balaban J connectivity index is 1.91. The molecule has 1 unspecified atom stereocenters. The molecule has 1 atom stereocenters. The number of alkyl halides is 3. The predicted molar refractivity (Wildman–Crippen MR) is 80.6 cm³/mol. The first-order valence-electron chi connectivity index (χ1n) is 6.39. The molecule has 0 fully saturated rings. The Bertz CT molecular complexity index is 729. The van der Waals surface area contributed by atoms with E-state index in [4.69, 9.17) is 0 Å². The molecule has 1 amide bonds. The fraction of sp³-hybridized carbons (Fsp3) is 0.133. The van der Waals surface area contributed by atoms with Crippen molar-refractivity contribution in [2.45, 2.75) is 12.2 Å². The Morgan fingerprint density at radius 2 is 1.68 bits per heavy atom. The smallest absolute Gasteiger partial charge is 0.368 e. The summed E-state index contributed by atoms with van der Waals surface area (Å²) in [4.78, 5) is 12.1. The highest BCUT2D eigenvalue weighted by Crippen LogP contribution is 2.35. The van der Waals surface area contributed by atoms with E-state index in [1.165, 1.54) is 12.1 Å². The number of fused-ring (bicyclic) bond motifs is 1. The van der Waals surface area contributed by atoms with Gasteiger partial charge >= 0.3 is 6.18 Å². The van der Waals surface area contributed by atoms with Gasteiger partial charge in [0, 0.05) is 4.47 Å². The van der Waals surface area contributed by atoms with Crippen molar-refractivity contribution in [1.29, 1.82) is 0 Å². The van der Waals surface area contributed by atoms with Crippen LogP contribution in [0, 0.1) is 0 Å². The van der Waals surface area contributed by atoms with Gasteiger partial charge in [-0.05, 0) is 35.9 Å². The first-order chi connectivity index (χ1) is 10.3. The Hall–Kier alpha value is -2.02. The highest BCUT2D eigenvalue weighted by Gasteiger charge is 2.31. The number of benzene rings is 2. The van der Waals surface area contributed by atoms with Crippen LogP contribution in [0.3, 0.4) is 0 Å². The molecule has 0 saturated carbocycles. The van der Waals surface area contributed by atoms with Crippen LogP contribution in [0.1, 0.15) is 17.2 Å². The Morgan fingerprint density at radius 1 is 1.00 bits per heavy atom. The summed E-state index contributed by atoms with van der Waals surface area (Å²) < 4.78 is 38.6. The zero-order chi connectivity index (χ0) is 15.9. The van der Waals surface area contributed by atoms with Crippen LogP contribution in [0.4, 0.5) is 24.5 Å². The van der Waals surface area contributed by atoms with Gasteiger partial charge in [-0.1, -0.05) is 28.1 Å². The van der Waals surface area contributed by atoms with Gasteiger partial charge in [0.1, 0.15) is 6.04 Å². The molecule has 0 bridgehead atoms. The van der Waals surface area contributed by atoms with Gasteiger partial charge in [-0.25, -0.2) is 0 Å². The predicted octanol–water partition coefficient (Wildman–Crippen LogP) is 4.57. The van der Waals surface area contributed by atoms with Crippen LogP contribution in [0.15, 0.2) is 46.9 Å². The standard InChI is InChI=1S/C15H10BrF3N2O/c16-10-5-6-11-12(7-10)20-13(14(22)21-11)8-1-3-9(4-2-8)15(17,18)19/h1-7,13,20H,(H,21,22). The van der Waals surface area contributed by atoms with Crippen LogP contribution in [0.25, 0.3) is 0 Å². The van der Waals surface area contributed by atoms with Gasteiger partial charge in [0.15, 0.2) is 0 Å². The van der Waals surface area contributed by atoms with Crippen molar-refractivity contribution in [3.05, 3.63) is 58.1 Å². The van der Waals surface area contributed by atoms with Gasteiger partial charge < -0.3 is 10.6 Å². The minimum Gasteiger partial charge on any atom is -0.368 e. The van der Waals surface area contributed by atoms with Crippen molar-refractivity contribution in [2.75, 3.05) is 10.6 Å². The SMILES string of the molecule is O=C1Nc2ccc(Br)cc2NC1c1ccc(C(F)(F)F)cc1. The Kier molecular flexibility index (Phi) is 3.60. The monoisotopic (exact) mass is 370 g/mol. The Labute approximate surface area is 132 Å². The lowest BCUT2D eigenvalue weighted by Crippen LogP contribution is -2.31. The molecule has 0 aliphatic carbocycles. The van der Waals surface area contributed by atoms with Gasteiger partial charge in [0.05, 0.1) is 16.9 Å². The third-order valence-electron chi connectivity index (χ3n) is 3.37. The number of hydrogen-bond acceptors (Lipinski definition) is 2. The van der Waals surface area contributed by atoms with Crippen LogP contribution in [-0.2, 0) is 11.0 Å². The number of hydrogen-bond donors (Lipinski definition) is 2. The zero-order valence-electron chi connectivity index (χ0n) is 11.0. The number of carbonyl (C=O) groups excluding carboxylic acids is 1. The topological polar surface area (TPSA) is 41.1 Å². The van der Waals surface area contributed by atoms with Crippen LogP contribution >= 0.6 is 15.9 Å². The molecule has 1 aliphatic heterocycles. The molecule has 0 radical (unpaired) electrons. The molecule has 2 aromatic rings. The second kappa shape index (κ2) is 5.31. The van der Waals surface area contributed by atoms with Gasteiger partial charge in [-0.3, -0.25) is 4.79 Å². The lowest BCUT2D eigenvalue weighted by atomic mass is 10.0. The van der Waals surface area contributed by atoms with Crippen LogP contribution < -0.4 is 10.6 Å². The lowest BCUT2D eigenvalue weighted by Gasteiger charge is -2.27. The summed E-state index contributed by atoms with van der Waals surface area (Å²) in [7, 11) is 0. The molecule has 1 aliphatic rings. The largest absolute Gasteiger partial charge is 0.416 e. The number of rotatable bonds is 1. The maximum Gasteiger partial charge on any atom is 0.416 e. The maximum atomic E-state index is 12.6. The molecule has 3 nitrogen and oxygen atoms in total. The summed E-state index contributed by atoms with van der Waals surface area (Å²) in [6.07, 6.45) is -4.39. The first kappa shape index (κ1) is 14.9. The lowest BCUT2D eigenvalue weighted by molar-refractivity contribution is -0.137. The maximum absolute atomic E-state index is 12.6. The molecule has 114 valence electrons. The number of carbonyl (C=O) groups is 1.